The van der Waals surface area contributed by atoms with Gasteiger partial charge in [-0.2, -0.15) is 0 Å². The third kappa shape index (κ3) is 3.27. The average Bonchev–Trinajstić information content (AvgIpc) is 2.37. The van der Waals surface area contributed by atoms with Gasteiger partial charge in [-0.1, -0.05) is 0 Å². The Bertz CT molecular complexity index is 492. The third-order valence-corrected chi connectivity index (χ3v) is 3.72. The van der Waals surface area contributed by atoms with Crippen molar-refractivity contribution in [3.05, 3.63) is 18.3 Å². The quantitative estimate of drug-likeness (QED) is 0.692. The predicted octanol–water partition coefficient (Wildman–Crippen LogP) is -0.384. The summed E-state index contributed by atoms with van der Waals surface area (Å²) < 4.78 is 12.1. The first-order valence-electron chi connectivity index (χ1n) is 5.11. The number of nitrogens with two attached hydrogens (primary N) is 1. The van der Waals surface area contributed by atoms with E-state index in [1.807, 2.05) is 5.32 Å². The Balaban J connectivity index is 2.82. The Morgan fingerprint density at radius 2 is 2.17 bits per heavy atom. The van der Waals surface area contributed by atoms with Gasteiger partial charge in [-0.05, 0) is 19.1 Å². The van der Waals surface area contributed by atoms with Crippen LogP contribution in [-0.2, 0) is 15.6 Å². The van der Waals surface area contributed by atoms with Crippen molar-refractivity contribution >= 4 is 28.4 Å². The lowest BCUT2D eigenvalue weighted by molar-refractivity contribution is -0.119. The molecule has 2 unspecified atom stereocenters. The van der Waals surface area contributed by atoms with Crippen LogP contribution >= 0.6 is 0 Å². The molecule has 0 bridgehead atoms. The molecule has 0 aliphatic carbocycles. The van der Waals surface area contributed by atoms with Gasteiger partial charge in [0.2, 0.25) is 5.91 Å². The summed E-state index contributed by atoms with van der Waals surface area (Å²) in [6.45, 7) is 1.43. The lowest BCUT2D eigenvalue weighted by Gasteiger charge is -2.11. The molecule has 0 aliphatic heterocycles. The van der Waals surface area contributed by atoms with Gasteiger partial charge in [0.1, 0.15) is 5.25 Å². The molecular weight excluding hydrogens is 256 g/mol. The van der Waals surface area contributed by atoms with E-state index in [0.29, 0.717) is 0 Å². The first-order chi connectivity index (χ1) is 8.47. The maximum atomic E-state index is 12.1. The Labute approximate surface area is 107 Å². The molecule has 1 heterocycles. The molecule has 0 radical (unpaired) electrons. The Morgan fingerprint density at radius 1 is 1.50 bits per heavy atom. The molecule has 1 aromatic rings. The summed E-state index contributed by atoms with van der Waals surface area (Å²) >= 11 is 0. The molecule has 7 nitrogen and oxygen atoms in total. The van der Waals surface area contributed by atoms with Gasteiger partial charge in [0, 0.05) is 13.2 Å². The van der Waals surface area contributed by atoms with Crippen molar-refractivity contribution in [1.82, 2.24) is 15.6 Å². The van der Waals surface area contributed by atoms with Crippen LogP contribution in [0.2, 0.25) is 0 Å². The van der Waals surface area contributed by atoms with E-state index < -0.39 is 28.0 Å². The van der Waals surface area contributed by atoms with Crippen LogP contribution in [0.3, 0.4) is 0 Å². The molecule has 0 saturated heterocycles. The summed E-state index contributed by atoms with van der Waals surface area (Å²) in [7, 11) is -0.340. The van der Waals surface area contributed by atoms with Gasteiger partial charge < -0.3 is 11.1 Å². The molecule has 0 aromatic carbocycles. The van der Waals surface area contributed by atoms with Crippen LogP contribution in [0.15, 0.2) is 23.4 Å². The Morgan fingerprint density at radius 3 is 2.72 bits per heavy atom. The fraction of sp³-hybridized carbons (Fsp3) is 0.300. The number of pyridine rings is 1. The van der Waals surface area contributed by atoms with Gasteiger partial charge in [-0.3, -0.25) is 14.3 Å². The highest BCUT2D eigenvalue weighted by atomic mass is 32.2. The van der Waals surface area contributed by atoms with E-state index >= 15 is 0 Å². The Kier molecular flexibility index (Phi) is 4.78. The van der Waals surface area contributed by atoms with Crippen LogP contribution in [0, 0.1) is 0 Å². The number of anilines is 1. The minimum Gasteiger partial charge on any atom is -0.396 e. The van der Waals surface area contributed by atoms with Crippen LogP contribution in [-0.4, -0.2) is 33.4 Å². The topological polar surface area (TPSA) is 114 Å². The maximum Gasteiger partial charge on any atom is 0.321 e. The molecule has 4 N–H and O–H groups in total. The molecule has 0 spiro atoms. The minimum absolute atomic E-state index is 0.136. The average molecular weight is 270 g/mol. The zero-order valence-corrected chi connectivity index (χ0v) is 10.8. The van der Waals surface area contributed by atoms with Gasteiger partial charge in [0.25, 0.3) is 0 Å². The van der Waals surface area contributed by atoms with E-state index in [4.69, 9.17) is 5.73 Å². The fourth-order valence-corrected chi connectivity index (χ4v) is 2.17. The van der Waals surface area contributed by atoms with Crippen LogP contribution in [0.5, 0.6) is 0 Å². The monoisotopic (exact) mass is 270 g/mol. The summed E-state index contributed by atoms with van der Waals surface area (Å²) in [6, 6.07) is 2.49. The van der Waals surface area contributed by atoms with Crippen LogP contribution in [0.1, 0.15) is 6.92 Å². The summed E-state index contributed by atoms with van der Waals surface area (Å²) in [5.74, 6) is -0.655. The number of hydrogen-bond acceptors (Lipinski definition) is 5. The SMILES string of the molecule is CNC(=O)NC(=O)C(C)S(=O)c1ncccc1N. The van der Waals surface area contributed by atoms with Gasteiger partial charge >= 0.3 is 6.03 Å². The summed E-state index contributed by atoms with van der Waals surface area (Å²) in [4.78, 5) is 26.5. The summed E-state index contributed by atoms with van der Waals surface area (Å²) in [5.41, 5.74) is 5.87. The van der Waals surface area contributed by atoms with Crippen molar-refractivity contribution in [2.75, 3.05) is 12.8 Å². The number of nitrogens with zero attached hydrogens (tertiary/aromatic N) is 1. The number of rotatable bonds is 3. The molecule has 8 heteroatoms. The van der Waals surface area contributed by atoms with Gasteiger partial charge in [0.05, 0.1) is 16.5 Å². The maximum absolute atomic E-state index is 12.1. The van der Waals surface area contributed by atoms with Gasteiger partial charge in [-0.15, -0.1) is 0 Å². The number of carbonyl (C=O) groups excluding carboxylic acids is 2. The number of carbonyl (C=O) groups is 2. The summed E-state index contributed by atoms with van der Waals surface area (Å²) in [5, 5.41) is 3.48. The number of nitrogen functional groups attached to an aromatic ring is 1. The van der Waals surface area contributed by atoms with Crippen molar-refractivity contribution < 1.29 is 13.8 Å². The number of imide groups is 1. The molecule has 0 aliphatic rings. The lowest BCUT2D eigenvalue weighted by atomic mass is 10.4. The highest BCUT2D eigenvalue weighted by Crippen LogP contribution is 2.15. The third-order valence-electron chi connectivity index (χ3n) is 2.15. The molecule has 98 valence electrons. The number of aromatic nitrogens is 1. The van der Waals surface area contributed by atoms with Crippen LogP contribution in [0.4, 0.5) is 10.5 Å². The second-order valence-electron chi connectivity index (χ2n) is 3.41. The number of nitrogens with one attached hydrogen (secondary N) is 2. The molecule has 1 aromatic heterocycles. The predicted molar refractivity (Wildman–Crippen MR) is 67.1 cm³/mol. The molecule has 1 rings (SSSR count). The highest BCUT2D eigenvalue weighted by Gasteiger charge is 2.24. The largest absolute Gasteiger partial charge is 0.396 e. The van der Waals surface area contributed by atoms with Crippen LogP contribution in [0.25, 0.3) is 0 Å². The van der Waals surface area contributed by atoms with E-state index in [9.17, 15) is 13.8 Å². The zero-order chi connectivity index (χ0) is 13.7. The second-order valence-corrected chi connectivity index (χ2v) is 5.09. The number of urea groups is 1. The Hall–Kier alpha value is -1.96. The summed E-state index contributed by atoms with van der Waals surface area (Å²) in [6.07, 6.45) is 1.44. The molecule has 18 heavy (non-hydrogen) atoms. The van der Waals surface area contributed by atoms with Crippen molar-refractivity contribution in [3.63, 3.8) is 0 Å². The molecule has 0 saturated carbocycles. The fourth-order valence-electron chi connectivity index (χ4n) is 1.11. The van der Waals surface area contributed by atoms with Gasteiger partial charge in [-0.25, -0.2) is 9.78 Å². The van der Waals surface area contributed by atoms with Crippen molar-refractivity contribution in [3.8, 4) is 0 Å². The lowest BCUT2D eigenvalue weighted by Crippen LogP contribution is -2.43. The van der Waals surface area contributed by atoms with Crippen molar-refractivity contribution in [1.29, 1.82) is 0 Å². The normalized spacial score (nSPS) is 13.4. The smallest absolute Gasteiger partial charge is 0.321 e. The van der Waals surface area contributed by atoms with Crippen LogP contribution < -0.4 is 16.4 Å². The van der Waals surface area contributed by atoms with E-state index in [2.05, 4.69) is 10.3 Å². The molecule has 2 atom stereocenters. The van der Waals surface area contributed by atoms with Gasteiger partial charge in [0.15, 0.2) is 5.03 Å². The zero-order valence-electron chi connectivity index (χ0n) is 9.97. The highest BCUT2D eigenvalue weighted by molar-refractivity contribution is 7.86. The molecular formula is C10H14N4O3S. The number of hydrogen-bond donors (Lipinski definition) is 3. The van der Waals surface area contributed by atoms with Crippen molar-refractivity contribution in [2.24, 2.45) is 0 Å². The van der Waals surface area contributed by atoms with E-state index in [0.717, 1.165) is 0 Å². The second kappa shape index (κ2) is 6.10. The first kappa shape index (κ1) is 14.1. The van der Waals surface area contributed by atoms with E-state index in [-0.39, 0.29) is 10.7 Å². The molecule has 3 amide bonds. The van der Waals surface area contributed by atoms with Crippen molar-refractivity contribution in [2.45, 2.75) is 17.2 Å². The number of amides is 3. The minimum atomic E-state index is -1.72. The molecule has 0 fully saturated rings. The van der Waals surface area contributed by atoms with E-state index in [1.165, 1.54) is 20.2 Å². The van der Waals surface area contributed by atoms with E-state index in [1.54, 1.807) is 12.1 Å². The first-order valence-corrected chi connectivity index (χ1v) is 6.32. The standard InChI is InChI=1S/C10H14N4O3S/c1-6(8(15)14-10(16)12-2)18(17)9-7(11)4-3-5-13-9/h3-6H,11H2,1-2H3,(H2,12,14,15,16).